The minimum absolute atomic E-state index is 0. The van der Waals surface area contributed by atoms with E-state index in [1.54, 1.807) is 0 Å². The minimum atomic E-state index is -0.538. The highest BCUT2D eigenvalue weighted by Crippen LogP contribution is 2.47. The Morgan fingerprint density at radius 1 is 0.917 bits per heavy atom. The van der Waals surface area contributed by atoms with Gasteiger partial charge in [-0.25, -0.2) is 0 Å². The summed E-state index contributed by atoms with van der Waals surface area (Å²) in [5.74, 6) is 0.0725. The van der Waals surface area contributed by atoms with Gasteiger partial charge in [-0.15, -0.1) is 0 Å². The maximum atomic E-state index is 12.7. The summed E-state index contributed by atoms with van der Waals surface area (Å²) < 4.78 is 0. The van der Waals surface area contributed by atoms with E-state index in [4.69, 9.17) is 0 Å². The standard InChI is InChI=1S/C21H23NO2.H2/c1-13-6-8-14(9-7-13)18(23)22-15-10-11-16-17(12-15)21(4,5)19(24)20(16,2)3;/h6-12H,1-5H3,(H,22,23);1H. The molecule has 1 aliphatic rings. The van der Waals surface area contributed by atoms with Gasteiger partial charge in [-0.2, -0.15) is 0 Å². The molecule has 0 radical (unpaired) electrons. The van der Waals surface area contributed by atoms with Crippen molar-refractivity contribution in [2.75, 3.05) is 5.32 Å². The molecule has 2 aromatic carbocycles. The van der Waals surface area contributed by atoms with Crippen LogP contribution in [0.15, 0.2) is 42.5 Å². The van der Waals surface area contributed by atoms with Gasteiger partial charge in [0.05, 0.1) is 0 Å². The zero-order valence-corrected chi connectivity index (χ0v) is 14.9. The van der Waals surface area contributed by atoms with Crippen LogP contribution in [0.3, 0.4) is 0 Å². The quantitative estimate of drug-likeness (QED) is 0.875. The summed E-state index contributed by atoms with van der Waals surface area (Å²) >= 11 is 0. The van der Waals surface area contributed by atoms with Crippen molar-refractivity contribution < 1.29 is 11.0 Å². The van der Waals surface area contributed by atoms with E-state index in [1.807, 2.05) is 77.1 Å². The Morgan fingerprint density at radius 2 is 1.50 bits per heavy atom. The highest BCUT2D eigenvalue weighted by molar-refractivity contribution is 6.06. The van der Waals surface area contributed by atoms with Gasteiger partial charge in [0, 0.05) is 23.5 Å². The van der Waals surface area contributed by atoms with Gasteiger partial charge in [0.2, 0.25) is 0 Å². The Labute approximate surface area is 144 Å². The van der Waals surface area contributed by atoms with E-state index < -0.39 is 10.8 Å². The molecule has 0 saturated heterocycles. The zero-order valence-electron chi connectivity index (χ0n) is 14.9. The first-order valence-electron chi connectivity index (χ1n) is 8.22. The van der Waals surface area contributed by atoms with E-state index in [9.17, 15) is 9.59 Å². The van der Waals surface area contributed by atoms with E-state index >= 15 is 0 Å². The molecule has 1 amide bonds. The second-order valence-electron chi connectivity index (χ2n) is 7.66. The summed E-state index contributed by atoms with van der Waals surface area (Å²) in [5.41, 5.74) is 3.48. The second-order valence-corrected chi connectivity index (χ2v) is 7.66. The van der Waals surface area contributed by atoms with E-state index in [2.05, 4.69) is 5.32 Å². The number of carbonyl (C=O) groups is 2. The van der Waals surface area contributed by atoms with Crippen LogP contribution in [0.4, 0.5) is 5.69 Å². The number of nitrogens with one attached hydrogen (secondary N) is 1. The number of anilines is 1. The summed E-state index contributed by atoms with van der Waals surface area (Å²) in [7, 11) is 0. The molecule has 3 rings (SSSR count). The van der Waals surface area contributed by atoms with Crippen LogP contribution in [0.2, 0.25) is 0 Å². The smallest absolute Gasteiger partial charge is 0.255 e. The van der Waals surface area contributed by atoms with Crippen molar-refractivity contribution >= 4 is 17.4 Å². The number of hydrogen-bond acceptors (Lipinski definition) is 2. The molecule has 24 heavy (non-hydrogen) atoms. The lowest BCUT2D eigenvalue weighted by atomic mass is 9.80. The number of amides is 1. The molecule has 0 fully saturated rings. The monoisotopic (exact) mass is 323 g/mol. The first-order chi connectivity index (χ1) is 11.1. The molecule has 0 atom stereocenters. The molecule has 0 saturated carbocycles. The molecule has 0 aromatic heterocycles. The predicted octanol–water partition coefficient (Wildman–Crippen LogP) is 4.63. The summed E-state index contributed by atoms with van der Waals surface area (Å²) in [6.45, 7) is 9.83. The molecule has 3 nitrogen and oxygen atoms in total. The van der Waals surface area contributed by atoms with Gasteiger partial charge in [0.15, 0.2) is 5.78 Å². The van der Waals surface area contributed by atoms with Crippen LogP contribution in [-0.4, -0.2) is 11.7 Å². The average Bonchev–Trinajstić information content (AvgIpc) is 2.66. The molecule has 0 spiro atoms. The summed E-state index contributed by atoms with van der Waals surface area (Å²) in [6.07, 6.45) is 0. The van der Waals surface area contributed by atoms with Crippen molar-refractivity contribution in [1.82, 2.24) is 0 Å². The molecule has 1 N–H and O–H groups in total. The van der Waals surface area contributed by atoms with Crippen LogP contribution >= 0.6 is 0 Å². The Bertz CT molecular complexity index is 835. The maximum absolute atomic E-state index is 12.7. The van der Waals surface area contributed by atoms with Crippen LogP contribution in [0.5, 0.6) is 0 Å². The van der Waals surface area contributed by atoms with Crippen LogP contribution in [0, 0.1) is 6.92 Å². The van der Waals surface area contributed by atoms with Crippen molar-refractivity contribution in [3.8, 4) is 0 Å². The van der Waals surface area contributed by atoms with Gasteiger partial charge in [0.1, 0.15) is 0 Å². The zero-order chi connectivity index (χ0) is 17.7. The first-order valence-corrected chi connectivity index (χ1v) is 8.22. The Morgan fingerprint density at radius 3 is 2.12 bits per heavy atom. The average molecular weight is 323 g/mol. The topological polar surface area (TPSA) is 46.2 Å². The van der Waals surface area contributed by atoms with Gasteiger partial charge >= 0.3 is 0 Å². The lowest BCUT2D eigenvalue weighted by Gasteiger charge is -2.21. The number of carbonyl (C=O) groups excluding carboxylic acids is 2. The van der Waals surface area contributed by atoms with Gasteiger partial charge in [-0.1, -0.05) is 23.8 Å². The Hall–Kier alpha value is -2.42. The number of benzene rings is 2. The van der Waals surface area contributed by atoms with Crippen LogP contribution in [0.1, 0.15) is 56.2 Å². The second kappa shape index (κ2) is 5.30. The van der Waals surface area contributed by atoms with Gasteiger partial charge in [-0.3, -0.25) is 9.59 Å². The van der Waals surface area contributed by atoms with Crippen LogP contribution in [0.25, 0.3) is 0 Å². The van der Waals surface area contributed by atoms with E-state index in [-0.39, 0.29) is 13.1 Å². The van der Waals surface area contributed by atoms with Crippen LogP contribution < -0.4 is 5.32 Å². The molecule has 2 aromatic rings. The fourth-order valence-corrected chi connectivity index (χ4v) is 3.62. The van der Waals surface area contributed by atoms with Gasteiger partial charge in [-0.05, 0) is 70.0 Å². The molecular weight excluding hydrogens is 298 g/mol. The molecule has 126 valence electrons. The predicted molar refractivity (Wildman–Crippen MR) is 98.7 cm³/mol. The third-order valence-corrected chi connectivity index (χ3v) is 5.07. The third kappa shape index (κ3) is 2.44. The molecule has 1 aliphatic carbocycles. The molecule has 0 aliphatic heterocycles. The molecular formula is C21H25NO2. The summed E-state index contributed by atoms with van der Waals surface area (Å²) in [5, 5.41) is 2.94. The summed E-state index contributed by atoms with van der Waals surface area (Å²) in [6, 6.07) is 13.2. The first kappa shape index (κ1) is 16.4. The number of fused-ring (bicyclic) bond motifs is 1. The SMILES string of the molecule is Cc1ccc(C(=O)Nc2ccc3c(c2)C(C)(C)C(=O)C3(C)C)cc1.[HH]. The number of ketones is 1. The largest absolute Gasteiger partial charge is 0.322 e. The lowest BCUT2D eigenvalue weighted by Crippen LogP contribution is -2.33. The third-order valence-electron chi connectivity index (χ3n) is 5.07. The normalized spacial score (nSPS) is 17.5. The van der Waals surface area contributed by atoms with Crippen molar-refractivity contribution in [3.63, 3.8) is 0 Å². The van der Waals surface area contributed by atoms with Crippen LogP contribution in [-0.2, 0) is 15.6 Å². The fourth-order valence-electron chi connectivity index (χ4n) is 3.62. The van der Waals surface area contributed by atoms with E-state index in [1.165, 1.54) is 0 Å². The van der Waals surface area contributed by atoms with Crippen molar-refractivity contribution in [3.05, 3.63) is 64.7 Å². The minimum Gasteiger partial charge on any atom is -0.322 e. The molecule has 0 unspecified atom stereocenters. The van der Waals surface area contributed by atoms with Gasteiger partial charge in [0.25, 0.3) is 5.91 Å². The molecule has 3 heteroatoms. The Kier molecular flexibility index (Phi) is 3.63. The Balaban J connectivity index is 0.00000225. The lowest BCUT2D eigenvalue weighted by molar-refractivity contribution is -0.126. The number of rotatable bonds is 2. The number of hydrogen-bond donors (Lipinski definition) is 1. The van der Waals surface area contributed by atoms with Crippen molar-refractivity contribution in [2.24, 2.45) is 0 Å². The summed E-state index contributed by atoms with van der Waals surface area (Å²) in [4.78, 5) is 25.1. The number of aryl methyl sites for hydroxylation is 1. The van der Waals surface area contributed by atoms with E-state index in [0.29, 0.717) is 5.56 Å². The fraction of sp³-hybridized carbons (Fsp3) is 0.333. The molecule has 0 bridgehead atoms. The van der Waals surface area contributed by atoms with Crippen molar-refractivity contribution in [1.29, 1.82) is 0 Å². The highest BCUT2D eigenvalue weighted by atomic mass is 16.1. The molecule has 0 heterocycles. The number of Topliss-reactive ketones (excluding diaryl/α,β-unsaturated/α-hetero) is 1. The van der Waals surface area contributed by atoms with E-state index in [0.717, 1.165) is 22.4 Å². The maximum Gasteiger partial charge on any atom is 0.255 e. The van der Waals surface area contributed by atoms with Crippen molar-refractivity contribution in [2.45, 2.75) is 45.4 Å². The van der Waals surface area contributed by atoms with Gasteiger partial charge < -0.3 is 5.32 Å². The highest BCUT2D eigenvalue weighted by Gasteiger charge is 2.50.